The zero-order valence-electron chi connectivity index (χ0n) is 10.8. The number of aryl methyl sites for hydroxylation is 1. The van der Waals surface area contributed by atoms with E-state index in [1.54, 1.807) is 0 Å². The molecule has 0 saturated carbocycles. The van der Waals surface area contributed by atoms with Crippen LogP contribution in [0.15, 0.2) is 22.7 Å². The van der Waals surface area contributed by atoms with Crippen LogP contribution in [0.1, 0.15) is 37.5 Å². The van der Waals surface area contributed by atoms with Crippen LogP contribution in [-0.2, 0) is 9.47 Å². The lowest BCUT2D eigenvalue weighted by atomic mass is 10.1. The third-order valence-electron chi connectivity index (χ3n) is 2.62. The highest BCUT2D eigenvalue weighted by molar-refractivity contribution is 9.10. The third-order valence-corrected chi connectivity index (χ3v) is 3.31. The second-order valence-corrected chi connectivity index (χ2v) is 4.84. The summed E-state index contributed by atoms with van der Waals surface area (Å²) in [7, 11) is 0. The fraction of sp³-hybridized carbons (Fsp3) is 0.571. The lowest BCUT2D eigenvalue weighted by Crippen LogP contribution is -2.10. The molecule has 0 saturated heterocycles. The Morgan fingerprint density at radius 2 is 2.00 bits per heavy atom. The predicted octanol–water partition coefficient (Wildman–Crippen LogP) is 4.26. The molecule has 0 aliphatic carbocycles. The van der Waals surface area contributed by atoms with E-state index in [-0.39, 0.29) is 6.10 Å². The van der Waals surface area contributed by atoms with Gasteiger partial charge in [0.2, 0.25) is 0 Å². The van der Waals surface area contributed by atoms with Gasteiger partial charge in [-0.3, -0.25) is 0 Å². The molecule has 0 spiro atoms. The van der Waals surface area contributed by atoms with Gasteiger partial charge in [-0.1, -0.05) is 35.0 Å². The van der Waals surface area contributed by atoms with Gasteiger partial charge in [0.25, 0.3) is 0 Å². The summed E-state index contributed by atoms with van der Waals surface area (Å²) >= 11 is 3.60. The van der Waals surface area contributed by atoms with Gasteiger partial charge in [-0.25, -0.2) is 0 Å². The van der Waals surface area contributed by atoms with E-state index in [0.717, 1.165) is 17.5 Å². The van der Waals surface area contributed by atoms with Crippen LogP contribution in [0.5, 0.6) is 0 Å². The van der Waals surface area contributed by atoms with Gasteiger partial charge in [0, 0.05) is 11.1 Å². The molecule has 0 unspecified atom stereocenters. The van der Waals surface area contributed by atoms with E-state index in [0.29, 0.717) is 13.2 Å². The first-order chi connectivity index (χ1) is 8.19. The van der Waals surface area contributed by atoms with Gasteiger partial charge in [-0.05, 0) is 37.5 Å². The fourth-order valence-corrected chi connectivity index (χ4v) is 2.46. The standard InChI is InChI=1S/C14H21BrO2/c1-4-14(17-9-8-16-5-2)12-7-6-11(3)10-13(12)15/h6-7,10,14H,4-5,8-9H2,1-3H3/t14-/m1/s1. The van der Waals surface area contributed by atoms with Crippen molar-refractivity contribution in [3.8, 4) is 0 Å². The minimum absolute atomic E-state index is 0.144. The van der Waals surface area contributed by atoms with E-state index < -0.39 is 0 Å². The summed E-state index contributed by atoms with van der Waals surface area (Å²) in [5.41, 5.74) is 2.47. The second kappa shape index (κ2) is 7.85. The highest BCUT2D eigenvalue weighted by atomic mass is 79.9. The first-order valence-corrected chi connectivity index (χ1v) is 6.93. The average Bonchev–Trinajstić information content (AvgIpc) is 2.31. The molecule has 0 bridgehead atoms. The Morgan fingerprint density at radius 3 is 2.59 bits per heavy atom. The van der Waals surface area contributed by atoms with Crippen LogP contribution < -0.4 is 0 Å². The summed E-state index contributed by atoms with van der Waals surface area (Å²) < 4.78 is 12.2. The number of halogens is 1. The molecule has 0 aliphatic rings. The number of ether oxygens (including phenoxy) is 2. The van der Waals surface area contributed by atoms with Crippen molar-refractivity contribution >= 4 is 15.9 Å². The number of hydrogen-bond donors (Lipinski definition) is 0. The topological polar surface area (TPSA) is 18.5 Å². The molecule has 17 heavy (non-hydrogen) atoms. The van der Waals surface area contributed by atoms with E-state index in [2.05, 4.69) is 48.0 Å². The highest BCUT2D eigenvalue weighted by Gasteiger charge is 2.12. The minimum Gasteiger partial charge on any atom is -0.379 e. The van der Waals surface area contributed by atoms with Gasteiger partial charge in [-0.2, -0.15) is 0 Å². The van der Waals surface area contributed by atoms with Gasteiger partial charge in [0.05, 0.1) is 19.3 Å². The summed E-state index contributed by atoms with van der Waals surface area (Å²) in [5, 5.41) is 0. The molecule has 0 aliphatic heterocycles. The SMILES string of the molecule is CCOCCO[C@H](CC)c1ccc(C)cc1Br. The summed E-state index contributed by atoms with van der Waals surface area (Å²) in [6.07, 6.45) is 1.11. The van der Waals surface area contributed by atoms with Crippen LogP contribution in [0.2, 0.25) is 0 Å². The molecule has 0 N–H and O–H groups in total. The number of rotatable bonds is 7. The zero-order chi connectivity index (χ0) is 12.7. The Hall–Kier alpha value is -0.380. The molecule has 1 atom stereocenters. The maximum Gasteiger partial charge on any atom is 0.0834 e. The molecule has 0 heterocycles. The van der Waals surface area contributed by atoms with Gasteiger partial charge in [0.15, 0.2) is 0 Å². The first kappa shape index (κ1) is 14.7. The normalized spacial score (nSPS) is 12.7. The Morgan fingerprint density at radius 1 is 1.24 bits per heavy atom. The summed E-state index contributed by atoms with van der Waals surface area (Å²) in [4.78, 5) is 0. The lowest BCUT2D eigenvalue weighted by Gasteiger charge is -2.18. The van der Waals surface area contributed by atoms with Gasteiger partial charge >= 0.3 is 0 Å². The average molecular weight is 301 g/mol. The van der Waals surface area contributed by atoms with E-state index >= 15 is 0 Å². The maximum atomic E-state index is 5.85. The van der Waals surface area contributed by atoms with Crippen LogP contribution in [-0.4, -0.2) is 19.8 Å². The first-order valence-electron chi connectivity index (χ1n) is 6.14. The third kappa shape index (κ3) is 4.78. The zero-order valence-corrected chi connectivity index (χ0v) is 12.4. The van der Waals surface area contributed by atoms with Crippen molar-refractivity contribution in [1.82, 2.24) is 0 Å². The van der Waals surface area contributed by atoms with E-state index in [1.807, 2.05) is 6.92 Å². The number of hydrogen-bond acceptors (Lipinski definition) is 2. The summed E-state index contributed by atoms with van der Waals surface area (Å²) in [6.45, 7) is 8.27. The lowest BCUT2D eigenvalue weighted by molar-refractivity contribution is 0.00459. The molecule has 0 radical (unpaired) electrons. The van der Waals surface area contributed by atoms with Crippen molar-refractivity contribution in [2.45, 2.75) is 33.3 Å². The van der Waals surface area contributed by atoms with Crippen LogP contribution in [0, 0.1) is 6.92 Å². The Balaban J connectivity index is 2.59. The molecule has 2 nitrogen and oxygen atoms in total. The molecule has 1 aromatic carbocycles. The Labute approximate surface area is 112 Å². The molecule has 0 aromatic heterocycles. The Kier molecular flexibility index (Phi) is 6.78. The minimum atomic E-state index is 0.144. The van der Waals surface area contributed by atoms with E-state index in [9.17, 15) is 0 Å². The van der Waals surface area contributed by atoms with Crippen LogP contribution >= 0.6 is 15.9 Å². The maximum absolute atomic E-state index is 5.85. The summed E-state index contributed by atoms with van der Waals surface area (Å²) in [6, 6.07) is 6.38. The van der Waals surface area contributed by atoms with E-state index in [4.69, 9.17) is 9.47 Å². The molecule has 0 amide bonds. The number of benzene rings is 1. The van der Waals surface area contributed by atoms with Crippen molar-refractivity contribution in [1.29, 1.82) is 0 Å². The highest BCUT2D eigenvalue weighted by Crippen LogP contribution is 2.29. The molecule has 1 aromatic rings. The van der Waals surface area contributed by atoms with Gasteiger partial charge in [0.1, 0.15) is 0 Å². The van der Waals surface area contributed by atoms with Crippen LogP contribution in [0.3, 0.4) is 0 Å². The van der Waals surface area contributed by atoms with Gasteiger partial charge < -0.3 is 9.47 Å². The quantitative estimate of drug-likeness (QED) is 0.701. The second-order valence-electron chi connectivity index (χ2n) is 3.99. The molecule has 0 fully saturated rings. The monoisotopic (exact) mass is 300 g/mol. The van der Waals surface area contributed by atoms with Crippen molar-refractivity contribution in [2.24, 2.45) is 0 Å². The van der Waals surface area contributed by atoms with Crippen molar-refractivity contribution < 1.29 is 9.47 Å². The van der Waals surface area contributed by atoms with Crippen molar-refractivity contribution in [2.75, 3.05) is 19.8 Å². The van der Waals surface area contributed by atoms with E-state index in [1.165, 1.54) is 11.1 Å². The fourth-order valence-electron chi connectivity index (χ4n) is 1.71. The van der Waals surface area contributed by atoms with Gasteiger partial charge in [-0.15, -0.1) is 0 Å². The smallest absolute Gasteiger partial charge is 0.0834 e. The van der Waals surface area contributed by atoms with Crippen LogP contribution in [0.4, 0.5) is 0 Å². The molecule has 3 heteroatoms. The molecule has 1 rings (SSSR count). The van der Waals surface area contributed by atoms with Crippen LogP contribution in [0.25, 0.3) is 0 Å². The van der Waals surface area contributed by atoms with Crippen molar-refractivity contribution in [3.63, 3.8) is 0 Å². The molecular formula is C14H21BrO2. The molecule has 96 valence electrons. The largest absolute Gasteiger partial charge is 0.379 e. The summed E-state index contributed by atoms with van der Waals surface area (Å²) in [5.74, 6) is 0. The molecular weight excluding hydrogens is 280 g/mol. The predicted molar refractivity (Wildman–Crippen MR) is 74.4 cm³/mol. The van der Waals surface area contributed by atoms with Crippen molar-refractivity contribution in [3.05, 3.63) is 33.8 Å². The Bertz CT molecular complexity index is 339.